The largest absolute Gasteiger partial charge is 0.309 e. The van der Waals surface area contributed by atoms with Crippen molar-refractivity contribution in [2.75, 3.05) is 11.6 Å². The molecule has 3 nitrogen and oxygen atoms in total. The molecule has 64 valence electrons. The maximum atomic E-state index is 5.75. The van der Waals surface area contributed by atoms with E-state index in [1.165, 1.54) is 0 Å². The van der Waals surface area contributed by atoms with Crippen molar-refractivity contribution in [1.82, 2.24) is 4.98 Å². The number of hydrogen-bond acceptors (Lipinski definition) is 3. The maximum Gasteiger partial charge on any atom is 0.129 e. The minimum Gasteiger partial charge on any atom is -0.309 e. The van der Waals surface area contributed by atoms with Gasteiger partial charge >= 0.3 is 0 Å². The van der Waals surface area contributed by atoms with Gasteiger partial charge in [-0.05, 0) is 25.0 Å². The number of anilines is 1. The van der Waals surface area contributed by atoms with Crippen LogP contribution in [0, 0.1) is 0 Å². The summed E-state index contributed by atoms with van der Waals surface area (Å²) < 4.78 is 0. The van der Waals surface area contributed by atoms with E-state index < -0.39 is 0 Å². The topological polar surface area (TPSA) is 42.1 Å². The van der Waals surface area contributed by atoms with Crippen molar-refractivity contribution >= 4 is 17.3 Å². The Morgan fingerprint density at radius 1 is 1.50 bits per heavy atom. The molecule has 12 heavy (non-hydrogen) atoms. The Kier molecular flexibility index (Phi) is 1.90. The minimum atomic E-state index is 0.545. The summed E-state index contributed by atoms with van der Waals surface area (Å²) in [5.74, 6) is 5.75. The Balaban J connectivity index is 2.46. The number of halogens is 1. The molecule has 1 aromatic rings. The Morgan fingerprint density at radius 3 is 3.17 bits per heavy atom. The number of hydrogen-bond donors (Lipinski definition) is 1. The van der Waals surface area contributed by atoms with Crippen LogP contribution in [0.15, 0.2) is 12.1 Å². The number of aromatic nitrogens is 1. The summed E-state index contributed by atoms with van der Waals surface area (Å²) in [7, 11) is 0. The first-order chi connectivity index (χ1) is 5.77. The molecule has 2 heterocycles. The number of rotatable bonds is 0. The van der Waals surface area contributed by atoms with Crippen LogP contribution in [0.3, 0.4) is 0 Å². The first kappa shape index (κ1) is 7.83. The first-order valence-corrected chi connectivity index (χ1v) is 4.33. The average molecular weight is 184 g/mol. The molecule has 1 aliphatic heterocycles. The number of pyridine rings is 1. The van der Waals surface area contributed by atoms with E-state index >= 15 is 0 Å². The Labute approximate surface area is 76.1 Å². The Morgan fingerprint density at radius 2 is 2.33 bits per heavy atom. The lowest BCUT2D eigenvalue weighted by molar-refractivity contribution is 0.697. The second-order valence-corrected chi connectivity index (χ2v) is 3.28. The highest BCUT2D eigenvalue weighted by molar-refractivity contribution is 6.29. The van der Waals surface area contributed by atoms with E-state index in [1.807, 2.05) is 6.07 Å². The Bertz CT molecular complexity index is 300. The summed E-state index contributed by atoms with van der Waals surface area (Å²) in [6, 6.07) is 3.69. The van der Waals surface area contributed by atoms with E-state index in [0.717, 1.165) is 30.8 Å². The van der Waals surface area contributed by atoms with E-state index in [-0.39, 0.29) is 0 Å². The number of nitrogens with two attached hydrogens (primary N) is 1. The summed E-state index contributed by atoms with van der Waals surface area (Å²) in [4.78, 5) is 4.21. The molecule has 0 bridgehead atoms. The van der Waals surface area contributed by atoms with Crippen LogP contribution in [0.4, 0.5) is 5.69 Å². The van der Waals surface area contributed by atoms with Gasteiger partial charge in [0.15, 0.2) is 0 Å². The van der Waals surface area contributed by atoms with Gasteiger partial charge in [-0.1, -0.05) is 11.6 Å². The molecule has 1 aromatic heterocycles. The zero-order valence-electron chi connectivity index (χ0n) is 6.63. The molecule has 2 N–H and O–H groups in total. The molecule has 0 atom stereocenters. The molecular weight excluding hydrogens is 174 g/mol. The summed E-state index contributed by atoms with van der Waals surface area (Å²) in [6.07, 6.45) is 2.03. The van der Waals surface area contributed by atoms with Crippen LogP contribution in [0.25, 0.3) is 0 Å². The molecule has 4 heteroatoms. The van der Waals surface area contributed by atoms with Gasteiger partial charge in [-0.25, -0.2) is 10.8 Å². The van der Waals surface area contributed by atoms with Gasteiger partial charge < -0.3 is 5.01 Å². The van der Waals surface area contributed by atoms with Crippen molar-refractivity contribution in [3.63, 3.8) is 0 Å². The number of aryl methyl sites for hydroxylation is 1. The minimum absolute atomic E-state index is 0.545. The van der Waals surface area contributed by atoms with Gasteiger partial charge in [-0.15, -0.1) is 0 Å². The second-order valence-electron chi connectivity index (χ2n) is 2.90. The molecule has 1 aliphatic rings. The van der Waals surface area contributed by atoms with E-state index in [9.17, 15) is 0 Å². The zero-order chi connectivity index (χ0) is 8.55. The van der Waals surface area contributed by atoms with Crippen LogP contribution < -0.4 is 10.9 Å². The number of hydrazine groups is 1. The highest BCUT2D eigenvalue weighted by atomic mass is 35.5. The monoisotopic (exact) mass is 183 g/mol. The predicted octanol–water partition coefficient (Wildman–Crippen LogP) is 1.36. The third kappa shape index (κ3) is 1.26. The molecule has 0 amide bonds. The van der Waals surface area contributed by atoms with Crippen LogP contribution >= 0.6 is 11.6 Å². The summed E-state index contributed by atoms with van der Waals surface area (Å²) in [5, 5.41) is 2.27. The van der Waals surface area contributed by atoms with E-state index in [1.54, 1.807) is 11.1 Å². The molecule has 0 aromatic carbocycles. The third-order valence-electron chi connectivity index (χ3n) is 2.04. The van der Waals surface area contributed by atoms with Gasteiger partial charge in [0.2, 0.25) is 0 Å². The fourth-order valence-electron chi connectivity index (χ4n) is 1.45. The van der Waals surface area contributed by atoms with Gasteiger partial charge in [0.05, 0.1) is 11.4 Å². The highest BCUT2D eigenvalue weighted by Crippen LogP contribution is 2.24. The standard InChI is InChI=1S/C8H10ClN3/c9-8-4-3-7-6(11-8)2-1-5-12(7)10/h3-4H,1-2,5,10H2. The van der Waals surface area contributed by atoms with Crippen LogP contribution in [0.2, 0.25) is 5.15 Å². The van der Waals surface area contributed by atoms with Gasteiger partial charge in [-0.2, -0.15) is 0 Å². The predicted molar refractivity (Wildman–Crippen MR) is 49.1 cm³/mol. The van der Waals surface area contributed by atoms with Gasteiger partial charge in [0, 0.05) is 6.54 Å². The van der Waals surface area contributed by atoms with Crippen LogP contribution in [-0.4, -0.2) is 11.5 Å². The SMILES string of the molecule is NN1CCCc2nc(Cl)ccc21. The molecule has 0 fully saturated rings. The molecule has 0 saturated heterocycles. The molecular formula is C8H10ClN3. The van der Waals surface area contributed by atoms with Crippen LogP contribution in [0.1, 0.15) is 12.1 Å². The second kappa shape index (κ2) is 2.92. The lowest BCUT2D eigenvalue weighted by Gasteiger charge is -2.25. The summed E-state index contributed by atoms with van der Waals surface area (Å²) in [5.41, 5.74) is 2.02. The van der Waals surface area contributed by atoms with E-state index in [2.05, 4.69) is 4.98 Å². The molecule has 0 spiro atoms. The highest BCUT2D eigenvalue weighted by Gasteiger charge is 2.14. The van der Waals surface area contributed by atoms with Gasteiger partial charge in [0.25, 0.3) is 0 Å². The van der Waals surface area contributed by atoms with Crippen molar-refractivity contribution in [3.8, 4) is 0 Å². The van der Waals surface area contributed by atoms with E-state index in [4.69, 9.17) is 17.4 Å². The van der Waals surface area contributed by atoms with Crippen molar-refractivity contribution < 1.29 is 0 Å². The van der Waals surface area contributed by atoms with Crippen LogP contribution in [-0.2, 0) is 6.42 Å². The smallest absolute Gasteiger partial charge is 0.129 e. The lowest BCUT2D eigenvalue weighted by Crippen LogP contribution is -2.35. The van der Waals surface area contributed by atoms with Crippen molar-refractivity contribution in [3.05, 3.63) is 23.0 Å². The molecule has 0 radical (unpaired) electrons. The average Bonchev–Trinajstić information content (AvgIpc) is 2.04. The maximum absolute atomic E-state index is 5.75. The lowest BCUT2D eigenvalue weighted by atomic mass is 10.1. The van der Waals surface area contributed by atoms with Crippen molar-refractivity contribution in [2.45, 2.75) is 12.8 Å². The van der Waals surface area contributed by atoms with Crippen LogP contribution in [0.5, 0.6) is 0 Å². The van der Waals surface area contributed by atoms with Crippen molar-refractivity contribution in [2.24, 2.45) is 5.84 Å². The normalized spacial score (nSPS) is 16.0. The first-order valence-electron chi connectivity index (χ1n) is 3.95. The molecule has 0 unspecified atom stereocenters. The number of nitrogens with zero attached hydrogens (tertiary/aromatic N) is 2. The molecule has 2 rings (SSSR count). The fraction of sp³-hybridized carbons (Fsp3) is 0.375. The summed E-state index contributed by atoms with van der Waals surface area (Å²) >= 11 is 5.75. The Hall–Kier alpha value is -0.800. The fourth-order valence-corrected chi connectivity index (χ4v) is 1.62. The zero-order valence-corrected chi connectivity index (χ0v) is 7.38. The quantitative estimate of drug-likeness (QED) is 0.488. The third-order valence-corrected chi connectivity index (χ3v) is 2.25. The summed E-state index contributed by atoms with van der Waals surface area (Å²) in [6.45, 7) is 0.899. The van der Waals surface area contributed by atoms with Gasteiger partial charge in [-0.3, -0.25) is 0 Å². The van der Waals surface area contributed by atoms with Gasteiger partial charge in [0.1, 0.15) is 5.15 Å². The van der Waals surface area contributed by atoms with Crippen molar-refractivity contribution in [1.29, 1.82) is 0 Å². The number of fused-ring (bicyclic) bond motifs is 1. The van der Waals surface area contributed by atoms with E-state index in [0.29, 0.717) is 5.15 Å². The molecule has 0 aliphatic carbocycles. The molecule has 0 saturated carbocycles.